The molecule has 1 aromatic rings. The number of aliphatic hydroxyl groups excluding tert-OH is 1. The molecule has 0 bridgehead atoms. The summed E-state index contributed by atoms with van der Waals surface area (Å²) in [7, 11) is 0. The molecule has 1 aliphatic heterocycles. The maximum Gasteiger partial charge on any atom is 0.227 e. The fourth-order valence-electron chi connectivity index (χ4n) is 2.58. The van der Waals surface area contributed by atoms with Crippen molar-refractivity contribution in [2.75, 3.05) is 13.1 Å². The van der Waals surface area contributed by atoms with E-state index in [0.29, 0.717) is 13.1 Å². The van der Waals surface area contributed by atoms with Gasteiger partial charge in [-0.15, -0.1) is 0 Å². The first-order valence-electron chi connectivity index (χ1n) is 6.87. The number of benzene rings is 1. The number of nitrogens with zero attached hydrogens (tertiary/aromatic N) is 1. The second-order valence-electron chi connectivity index (χ2n) is 5.40. The Kier molecular flexibility index (Phi) is 4.70. The molecule has 1 saturated heterocycles. The molecule has 2 atom stereocenters. The van der Waals surface area contributed by atoms with Gasteiger partial charge >= 0.3 is 0 Å². The van der Waals surface area contributed by atoms with Gasteiger partial charge in [-0.25, -0.2) is 8.78 Å². The van der Waals surface area contributed by atoms with E-state index in [4.69, 9.17) is 0 Å². The van der Waals surface area contributed by atoms with Crippen molar-refractivity contribution in [3.05, 3.63) is 35.4 Å². The lowest BCUT2D eigenvalue weighted by Gasteiger charge is -2.34. The average Bonchev–Trinajstić information content (AvgIpc) is 2.43. The number of hydrogen-bond donors (Lipinski definition) is 1. The zero-order valence-electron chi connectivity index (χ0n) is 11.5. The van der Waals surface area contributed by atoms with Crippen LogP contribution in [0.5, 0.6) is 0 Å². The van der Waals surface area contributed by atoms with E-state index >= 15 is 0 Å². The second-order valence-corrected chi connectivity index (χ2v) is 5.40. The molecule has 0 aromatic heterocycles. The smallest absolute Gasteiger partial charge is 0.227 e. The topological polar surface area (TPSA) is 40.5 Å². The molecule has 0 spiro atoms. The molecule has 3 nitrogen and oxygen atoms in total. The van der Waals surface area contributed by atoms with Crippen LogP contribution in [0, 0.1) is 17.6 Å². The molecular formula is C15H19F2NO2. The van der Waals surface area contributed by atoms with E-state index in [1.807, 2.05) is 0 Å². The van der Waals surface area contributed by atoms with Gasteiger partial charge in [0.15, 0.2) is 0 Å². The molecule has 2 unspecified atom stereocenters. The van der Waals surface area contributed by atoms with Crippen molar-refractivity contribution >= 4 is 5.91 Å². The normalized spacial score (nSPS) is 20.8. The lowest BCUT2D eigenvalue weighted by molar-refractivity contribution is -0.133. The largest absolute Gasteiger partial charge is 0.393 e. The maximum atomic E-state index is 13.5. The summed E-state index contributed by atoms with van der Waals surface area (Å²) in [5, 5.41) is 9.60. The van der Waals surface area contributed by atoms with Gasteiger partial charge in [-0.2, -0.15) is 0 Å². The molecule has 0 aliphatic carbocycles. The van der Waals surface area contributed by atoms with Crippen molar-refractivity contribution in [1.29, 1.82) is 0 Å². The molecule has 2 rings (SSSR count). The molecule has 5 heteroatoms. The van der Waals surface area contributed by atoms with Gasteiger partial charge in [0, 0.05) is 24.6 Å². The van der Waals surface area contributed by atoms with Crippen LogP contribution in [0.3, 0.4) is 0 Å². The molecule has 1 amide bonds. The molecule has 1 aliphatic rings. The third-order valence-electron chi connectivity index (χ3n) is 3.84. The number of hydrogen-bond acceptors (Lipinski definition) is 2. The van der Waals surface area contributed by atoms with Crippen molar-refractivity contribution in [1.82, 2.24) is 4.90 Å². The van der Waals surface area contributed by atoms with Gasteiger partial charge in [0.1, 0.15) is 11.6 Å². The second kappa shape index (κ2) is 6.31. The first-order valence-corrected chi connectivity index (χ1v) is 6.87. The van der Waals surface area contributed by atoms with E-state index in [0.717, 1.165) is 31.0 Å². The minimum absolute atomic E-state index is 0.0602. The first-order chi connectivity index (χ1) is 9.47. The van der Waals surface area contributed by atoms with Crippen LogP contribution in [0.15, 0.2) is 18.2 Å². The molecule has 1 aromatic carbocycles. The number of rotatable bonds is 3. The van der Waals surface area contributed by atoms with Gasteiger partial charge in [-0.05, 0) is 38.0 Å². The zero-order chi connectivity index (χ0) is 14.7. The summed E-state index contributed by atoms with van der Waals surface area (Å²) < 4.78 is 26.6. The molecule has 1 N–H and O–H groups in total. The van der Waals surface area contributed by atoms with Gasteiger partial charge in [0.05, 0.1) is 12.5 Å². The van der Waals surface area contributed by atoms with Crippen LogP contribution in [-0.4, -0.2) is 35.1 Å². The van der Waals surface area contributed by atoms with E-state index in [1.54, 1.807) is 11.8 Å². The van der Waals surface area contributed by atoms with Crippen LogP contribution in [0.4, 0.5) is 8.78 Å². The molecular weight excluding hydrogens is 264 g/mol. The Balaban J connectivity index is 2.02. The minimum atomic E-state index is -0.566. The summed E-state index contributed by atoms with van der Waals surface area (Å²) >= 11 is 0. The Morgan fingerprint density at radius 3 is 2.95 bits per heavy atom. The average molecular weight is 283 g/mol. The van der Waals surface area contributed by atoms with Crippen LogP contribution in [0.1, 0.15) is 25.3 Å². The van der Waals surface area contributed by atoms with Crippen LogP contribution in [0.25, 0.3) is 0 Å². The van der Waals surface area contributed by atoms with Gasteiger partial charge in [-0.1, -0.05) is 0 Å². The Morgan fingerprint density at radius 1 is 1.50 bits per heavy atom. The van der Waals surface area contributed by atoms with Crippen LogP contribution in [0.2, 0.25) is 0 Å². The van der Waals surface area contributed by atoms with E-state index in [9.17, 15) is 18.7 Å². The van der Waals surface area contributed by atoms with E-state index < -0.39 is 17.7 Å². The Labute approximate surface area is 117 Å². The number of likely N-dealkylation sites (tertiary alicyclic amines) is 1. The summed E-state index contributed by atoms with van der Waals surface area (Å²) in [6.45, 7) is 2.80. The molecule has 1 fully saturated rings. The zero-order valence-corrected chi connectivity index (χ0v) is 11.5. The van der Waals surface area contributed by atoms with Crippen molar-refractivity contribution in [2.24, 2.45) is 5.92 Å². The van der Waals surface area contributed by atoms with E-state index in [2.05, 4.69) is 0 Å². The monoisotopic (exact) mass is 283 g/mol. The van der Waals surface area contributed by atoms with Gasteiger partial charge in [0.25, 0.3) is 0 Å². The Bertz CT molecular complexity index is 491. The highest BCUT2D eigenvalue weighted by molar-refractivity contribution is 5.79. The quantitative estimate of drug-likeness (QED) is 0.923. The molecule has 1 heterocycles. The molecule has 0 radical (unpaired) electrons. The fourth-order valence-corrected chi connectivity index (χ4v) is 2.58. The van der Waals surface area contributed by atoms with E-state index in [1.165, 1.54) is 0 Å². The number of carbonyl (C=O) groups is 1. The molecule has 0 saturated carbocycles. The summed E-state index contributed by atoms with van der Waals surface area (Å²) in [4.78, 5) is 13.8. The summed E-state index contributed by atoms with van der Waals surface area (Å²) in [5.74, 6) is -1.27. The number of carbonyl (C=O) groups excluding carboxylic acids is 1. The van der Waals surface area contributed by atoms with Crippen LogP contribution < -0.4 is 0 Å². The highest BCUT2D eigenvalue weighted by Crippen LogP contribution is 2.21. The SMILES string of the molecule is CC(O)C1CCCN(C(=O)Cc2cc(F)ccc2F)C1. The highest BCUT2D eigenvalue weighted by atomic mass is 19.1. The number of halogens is 2. The van der Waals surface area contributed by atoms with Gasteiger partial charge in [-0.3, -0.25) is 4.79 Å². The summed E-state index contributed by atoms with van der Waals surface area (Å²) in [5.41, 5.74) is 0.0779. The summed E-state index contributed by atoms with van der Waals surface area (Å²) in [6.07, 6.45) is 1.11. The fraction of sp³-hybridized carbons (Fsp3) is 0.533. The summed E-state index contributed by atoms with van der Waals surface area (Å²) in [6, 6.07) is 3.13. The molecule has 110 valence electrons. The lowest BCUT2D eigenvalue weighted by atomic mass is 9.93. The number of piperidine rings is 1. The standard InChI is InChI=1S/C15H19F2NO2/c1-10(19)11-3-2-6-18(9-11)15(20)8-12-7-13(16)4-5-14(12)17/h4-5,7,10-11,19H,2-3,6,8-9H2,1H3. The Hall–Kier alpha value is -1.49. The van der Waals surface area contributed by atoms with Gasteiger partial charge in [0.2, 0.25) is 5.91 Å². The maximum absolute atomic E-state index is 13.5. The van der Waals surface area contributed by atoms with Crippen molar-refractivity contribution < 1.29 is 18.7 Å². The van der Waals surface area contributed by atoms with Crippen molar-refractivity contribution in [3.63, 3.8) is 0 Å². The van der Waals surface area contributed by atoms with Crippen molar-refractivity contribution in [3.8, 4) is 0 Å². The lowest BCUT2D eigenvalue weighted by Crippen LogP contribution is -2.43. The number of amides is 1. The third-order valence-corrected chi connectivity index (χ3v) is 3.84. The number of aliphatic hydroxyl groups is 1. The van der Waals surface area contributed by atoms with Gasteiger partial charge < -0.3 is 10.0 Å². The third kappa shape index (κ3) is 3.54. The molecule has 20 heavy (non-hydrogen) atoms. The predicted octanol–water partition coefficient (Wildman–Crippen LogP) is 2.13. The first kappa shape index (κ1) is 14.9. The highest BCUT2D eigenvalue weighted by Gasteiger charge is 2.26. The van der Waals surface area contributed by atoms with Crippen molar-refractivity contribution in [2.45, 2.75) is 32.3 Å². The Morgan fingerprint density at radius 2 is 2.25 bits per heavy atom. The van der Waals surface area contributed by atoms with E-state index in [-0.39, 0.29) is 23.8 Å². The van der Waals surface area contributed by atoms with Crippen LogP contribution in [-0.2, 0) is 11.2 Å². The minimum Gasteiger partial charge on any atom is -0.393 e. The van der Waals surface area contributed by atoms with Crippen LogP contribution >= 0.6 is 0 Å². The predicted molar refractivity (Wildman–Crippen MR) is 71.0 cm³/mol.